The number of benzene rings is 2. The van der Waals surface area contributed by atoms with Crippen LogP contribution in [0, 0.1) is 20.8 Å². The minimum atomic E-state index is -3.70. The summed E-state index contributed by atoms with van der Waals surface area (Å²) in [7, 11) is -2.15. The van der Waals surface area contributed by atoms with Crippen LogP contribution in [-0.4, -0.2) is 15.5 Å². The van der Waals surface area contributed by atoms with Crippen LogP contribution in [0.3, 0.4) is 0 Å². The van der Waals surface area contributed by atoms with Gasteiger partial charge in [-0.15, -0.1) is 0 Å². The quantitative estimate of drug-likeness (QED) is 0.913. The van der Waals surface area contributed by atoms with Gasteiger partial charge in [-0.05, 0) is 61.7 Å². The standard InChI is InChI=1S/C16H18ClNO3S/c1-10-8-13(21-4)9-11(2)16(10)22(19,20)18-15-7-5-6-14(17)12(15)3/h5-9,18H,1-4H3. The zero-order valence-corrected chi connectivity index (χ0v) is 14.5. The molecule has 0 unspecified atom stereocenters. The van der Waals surface area contributed by atoms with E-state index in [9.17, 15) is 8.42 Å². The number of ether oxygens (including phenoxy) is 1. The molecule has 0 spiro atoms. The van der Waals surface area contributed by atoms with Crippen molar-refractivity contribution in [1.29, 1.82) is 0 Å². The monoisotopic (exact) mass is 339 g/mol. The Balaban J connectivity index is 2.50. The van der Waals surface area contributed by atoms with E-state index < -0.39 is 10.0 Å². The summed E-state index contributed by atoms with van der Waals surface area (Å²) in [5.74, 6) is 0.632. The Morgan fingerprint density at radius 1 is 1.09 bits per heavy atom. The van der Waals surface area contributed by atoms with Crippen molar-refractivity contribution in [2.75, 3.05) is 11.8 Å². The van der Waals surface area contributed by atoms with Crippen LogP contribution in [0.1, 0.15) is 16.7 Å². The molecule has 6 heteroatoms. The normalized spacial score (nSPS) is 11.3. The lowest BCUT2D eigenvalue weighted by Gasteiger charge is -2.16. The molecular formula is C16H18ClNO3S. The van der Waals surface area contributed by atoms with Gasteiger partial charge in [0.05, 0.1) is 17.7 Å². The highest BCUT2D eigenvalue weighted by Crippen LogP contribution is 2.29. The fourth-order valence-corrected chi connectivity index (χ4v) is 4.12. The zero-order chi connectivity index (χ0) is 16.5. The second kappa shape index (κ2) is 6.18. The van der Waals surface area contributed by atoms with E-state index >= 15 is 0 Å². The molecule has 22 heavy (non-hydrogen) atoms. The molecule has 0 saturated carbocycles. The van der Waals surface area contributed by atoms with E-state index in [1.807, 2.05) is 0 Å². The number of aryl methyl sites for hydroxylation is 2. The largest absolute Gasteiger partial charge is 0.497 e. The van der Waals surface area contributed by atoms with Gasteiger partial charge in [0.2, 0.25) is 0 Å². The molecule has 0 amide bonds. The van der Waals surface area contributed by atoms with E-state index in [1.165, 1.54) is 0 Å². The van der Waals surface area contributed by atoms with Gasteiger partial charge in [0.25, 0.3) is 10.0 Å². The summed E-state index contributed by atoms with van der Waals surface area (Å²) in [5, 5.41) is 0.517. The second-order valence-corrected chi connectivity index (χ2v) is 7.13. The molecular weight excluding hydrogens is 322 g/mol. The maximum Gasteiger partial charge on any atom is 0.262 e. The number of halogens is 1. The van der Waals surface area contributed by atoms with Gasteiger partial charge < -0.3 is 4.74 Å². The highest BCUT2D eigenvalue weighted by molar-refractivity contribution is 7.92. The molecule has 0 heterocycles. The van der Waals surface area contributed by atoms with Crippen LogP contribution in [0.2, 0.25) is 5.02 Å². The van der Waals surface area contributed by atoms with E-state index in [0.29, 0.717) is 33.1 Å². The molecule has 118 valence electrons. The lowest BCUT2D eigenvalue weighted by molar-refractivity contribution is 0.413. The zero-order valence-electron chi connectivity index (χ0n) is 12.9. The van der Waals surface area contributed by atoms with Crippen LogP contribution in [0.15, 0.2) is 35.2 Å². The van der Waals surface area contributed by atoms with E-state index in [1.54, 1.807) is 58.2 Å². The number of methoxy groups -OCH3 is 1. The first kappa shape index (κ1) is 16.6. The third kappa shape index (κ3) is 3.20. The summed E-state index contributed by atoms with van der Waals surface area (Å²) < 4.78 is 33.2. The Bertz CT molecular complexity index is 793. The van der Waals surface area contributed by atoms with Crippen molar-refractivity contribution >= 4 is 27.3 Å². The van der Waals surface area contributed by atoms with Crippen LogP contribution in [0.5, 0.6) is 5.75 Å². The SMILES string of the molecule is COc1cc(C)c(S(=O)(=O)Nc2cccc(Cl)c2C)c(C)c1. The number of nitrogens with one attached hydrogen (secondary N) is 1. The summed E-state index contributed by atoms with van der Waals surface area (Å²) in [6.45, 7) is 5.26. The lowest BCUT2D eigenvalue weighted by Crippen LogP contribution is -2.16. The predicted molar refractivity (Wildman–Crippen MR) is 89.5 cm³/mol. The first-order valence-corrected chi connectivity index (χ1v) is 8.55. The average molecular weight is 340 g/mol. The summed E-state index contributed by atoms with van der Waals surface area (Å²) in [4.78, 5) is 0.257. The molecule has 0 aliphatic carbocycles. The van der Waals surface area contributed by atoms with Gasteiger partial charge in [-0.25, -0.2) is 8.42 Å². The van der Waals surface area contributed by atoms with E-state index in [2.05, 4.69) is 4.72 Å². The van der Waals surface area contributed by atoms with Gasteiger partial charge in [0, 0.05) is 5.02 Å². The molecule has 2 aromatic rings. The summed E-state index contributed by atoms with van der Waals surface area (Å²) in [6.07, 6.45) is 0. The molecule has 0 radical (unpaired) electrons. The van der Waals surface area contributed by atoms with Gasteiger partial charge >= 0.3 is 0 Å². The summed E-state index contributed by atoms with van der Waals surface area (Å²) >= 11 is 6.04. The van der Waals surface area contributed by atoms with Crippen molar-refractivity contribution in [3.8, 4) is 5.75 Å². The molecule has 0 atom stereocenters. The van der Waals surface area contributed by atoms with Gasteiger partial charge in [0.1, 0.15) is 5.75 Å². The highest BCUT2D eigenvalue weighted by atomic mass is 35.5. The van der Waals surface area contributed by atoms with E-state index in [-0.39, 0.29) is 4.90 Å². The topological polar surface area (TPSA) is 55.4 Å². The minimum absolute atomic E-state index is 0.257. The lowest BCUT2D eigenvalue weighted by atomic mass is 10.1. The number of hydrogen-bond acceptors (Lipinski definition) is 3. The van der Waals surface area contributed by atoms with Gasteiger partial charge in [-0.1, -0.05) is 17.7 Å². The van der Waals surface area contributed by atoms with E-state index in [0.717, 1.165) is 0 Å². The molecule has 1 N–H and O–H groups in total. The first-order valence-electron chi connectivity index (χ1n) is 6.69. The molecule has 2 aromatic carbocycles. The smallest absolute Gasteiger partial charge is 0.262 e. The number of hydrogen-bond donors (Lipinski definition) is 1. The highest BCUT2D eigenvalue weighted by Gasteiger charge is 2.21. The van der Waals surface area contributed by atoms with Gasteiger partial charge in [0.15, 0.2) is 0 Å². The Labute approximate surface area is 136 Å². The molecule has 0 saturated heterocycles. The van der Waals surface area contributed by atoms with Crippen molar-refractivity contribution in [3.63, 3.8) is 0 Å². The average Bonchev–Trinajstić information content (AvgIpc) is 2.42. The maximum absolute atomic E-state index is 12.7. The molecule has 2 rings (SSSR count). The fourth-order valence-electron chi connectivity index (χ4n) is 2.37. The van der Waals surface area contributed by atoms with Crippen molar-refractivity contribution < 1.29 is 13.2 Å². The molecule has 4 nitrogen and oxygen atoms in total. The van der Waals surface area contributed by atoms with Crippen LogP contribution >= 0.6 is 11.6 Å². The van der Waals surface area contributed by atoms with Crippen LogP contribution in [-0.2, 0) is 10.0 Å². The predicted octanol–water partition coefficient (Wildman–Crippen LogP) is 4.07. The Hall–Kier alpha value is -1.72. The van der Waals surface area contributed by atoms with Crippen molar-refractivity contribution in [2.45, 2.75) is 25.7 Å². The number of sulfonamides is 1. The fraction of sp³-hybridized carbons (Fsp3) is 0.250. The van der Waals surface area contributed by atoms with Crippen molar-refractivity contribution in [1.82, 2.24) is 0 Å². The Morgan fingerprint density at radius 2 is 1.68 bits per heavy atom. The second-order valence-electron chi connectivity index (χ2n) is 5.11. The third-order valence-electron chi connectivity index (χ3n) is 3.45. The van der Waals surface area contributed by atoms with Gasteiger partial charge in [-0.2, -0.15) is 0 Å². The van der Waals surface area contributed by atoms with Crippen molar-refractivity contribution in [2.24, 2.45) is 0 Å². The Morgan fingerprint density at radius 3 is 2.23 bits per heavy atom. The molecule has 0 aliphatic rings. The molecule has 0 aromatic heterocycles. The minimum Gasteiger partial charge on any atom is -0.497 e. The van der Waals surface area contributed by atoms with Crippen molar-refractivity contribution in [3.05, 3.63) is 52.0 Å². The van der Waals surface area contributed by atoms with Gasteiger partial charge in [-0.3, -0.25) is 4.72 Å². The molecule has 0 aliphatic heterocycles. The molecule has 0 fully saturated rings. The molecule has 0 bridgehead atoms. The van der Waals surface area contributed by atoms with E-state index in [4.69, 9.17) is 16.3 Å². The Kier molecular flexibility index (Phi) is 4.68. The van der Waals surface area contributed by atoms with Crippen LogP contribution < -0.4 is 9.46 Å². The summed E-state index contributed by atoms with van der Waals surface area (Å²) in [5.41, 5.74) is 2.42. The maximum atomic E-state index is 12.7. The third-order valence-corrected chi connectivity index (χ3v) is 5.53. The number of anilines is 1. The summed E-state index contributed by atoms with van der Waals surface area (Å²) in [6, 6.07) is 8.52. The number of rotatable bonds is 4. The van der Waals surface area contributed by atoms with Crippen LogP contribution in [0.25, 0.3) is 0 Å². The van der Waals surface area contributed by atoms with Crippen LogP contribution in [0.4, 0.5) is 5.69 Å². The first-order chi connectivity index (χ1) is 10.3.